The van der Waals surface area contributed by atoms with Gasteiger partial charge in [-0.2, -0.15) is 0 Å². The number of likely N-dealkylation sites (tertiary alicyclic amines) is 2. The molecule has 1 atom stereocenters. The molecule has 0 aromatic rings. The molecular weight excluding hydrogens is 188 g/mol. The summed E-state index contributed by atoms with van der Waals surface area (Å²) < 4.78 is 5.29. The van der Waals surface area contributed by atoms with Crippen LogP contribution < -0.4 is 0 Å². The van der Waals surface area contributed by atoms with Gasteiger partial charge in [-0.1, -0.05) is 0 Å². The third-order valence-electron chi connectivity index (χ3n) is 4.46. The summed E-state index contributed by atoms with van der Waals surface area (Å²) in [4.78, 5) is 5.19. The van der Waals surface area contributed by atoms with Gasteiger partial charge in [0.15, 0.2) is 0 Å². The molecule has 0 N–H and O–H groups in total. The van der Waals surface area contributed by atoms with E-state index >= 15 is 0 Å². The molecule has 3 nitrogen and oxygen atoms in total. The first kappa shape index (κ1) is 10.1. The van der Waals surface area contributed by atoms with Crippen molar-refractivity contribution in [3.63, 3.8) is 0 Å². The summed E-state index contributed by atoms with van der Waals surface area (Å²) in [6, 6.07) is 0.747. The van der Waals surface area contributed by atoms with Crippen LogP contribution in [0, 0.1) is 5.41 Å². The van der Waals surface area contributed by atoms with Gasteiger partial charge in [0.25, 0.3) is 0 Å². The van der Waals surface area contributed by atoms with Gasteiger partial charge >= 0.3 is 0 Å². The molecule has 0 amide bonds. The smallest absolute Gasteiger partial charge is 0.0645 e. The molecule has 0 bridgehead atoms. The van der Waals surface area contributed by atoms with Crippen molar-refractivity contribution in [2.45, 2.75) is 25.3 Å². The maximum absolute atomic E-state index is 5.29. The summed E-state index contributed by atoms with van der Waals surface area (Å²) in [6.07, 6.45) is 4.25. The van der Waals surface area contributed by atoms with Crippen molar-refractivity contribution >= 4 is 0 Å². The summed E-state index contributed by atoms with van der Waals surface area (Å²) in [5.41, 5.74) is 0.628. The molecule has 0 aromatic carbocycles. The van der Waals surface area contributed by atoms with Crippen LogP contribution in [0.1, 0.15) is 19.3 Å². The molecule has 15 heavy (non-hydrogen) atoms. The molecule has 3 saturated heterocycles. The predicted octanol–water partition coefficient (Wildman–Crippen LogP) is 0.803. The van der Waals surface area contributed by atoms with Crippen LogP contribution in [-0.4, -0.2) is 62.3 Å². The zero-order valence-corrected chi connectivity index (χ0v) is 9.74. The lowest BCUT2D eigenvalue weighted by Gasteiger charge is -2.40. The molecule has 3 heteroatoms. The summed E-state index contributed by atoms with van der Waals surface area (Å²) in [7, 11) is 2.27. The first-order valence-electron chi connectivity index (χ1n) is 6.28. The molecule has 0 aromatic heterocycles. The first-order valence-corrected chi connectivity index (χ1v) is 6.28. The van der Waals surface area contributed by atoms with Crippen molar-refractivity contribution in [2.75, 3.05) is 46.4 Å². The molecule has 3 aliphatic rings. The fraction of sp³-hybridized carbons (Fsp3) is 1.00. The molecule has 3 aliphatic heterocycles. The minimum absolute atomic E-state index is 0.628. The van der Waals surface area contributed by atoms with Gasteiger partial charge in [-0.3, -0.25) is 4.90 Å². The lowest BCUT2D eigenvalue weighted by Crippen LogP contribution is -2.50. The van der Waals surface area contributed by atoms with E-state index in [1.54, 1.807) is 0 Å². The Morgan fingerprint density at radius 3 is 2.67 bits per heavy atom. The second kappa shape index (κ2) is 3.72. The van der Waals surface area contributed by atoms with Crippen molar-refractivity contribution in [1.29, 1.82) is 0 Å². The fourth-order valence-electron chi connectivity index (χ4n) is 3.50. The topological polar surface area (TPSA) is 15.7 Å². The van der Waals surface area contributed by atoms with Gasteiger partial charge in [0.1, 0.15) is 0 Å². The maximum Gasteiger partial charge on any atom is 0.0645 e. The summed E-state index contributed by atoms with van der Waals surface area (Å²) in [6.45, 7) is 7.20. The van der Waals surface area contributed by atoms with E-state index in [0.29, 0.717) is 5.41 Å². The largest absolute Gasteiger partial charge is 0.378 e. The molecule has 0 saturated carbocycles. The Kier molecular flexibility index (Phi) is 2.49. The lowest BCUT2D eigenvalue weighted by molar-refractivity contribution is -0.0619. The van der Waals surface area contributed by atoms with Gasteiger partial charge in [0, 0.05) is 13.1 Å². The highest BCUT2D eigenvalue weighted by molar-refractivity contribution is 4.97. The van der Waals surface area contributed by atoms with Crippen LogP contribution in [0.5, 0.6) is 0 Å². The van der Waals surface area contributed by atoms with Gasteiger partial charge in [-0.05, 0) is 44.8 Å². The molecule has 0 radical (unpaired) electrons. The third-order valence-corrected chi connectivity index (χ3v) is 4.46. The van der Waals surface area contributed by atoms with Crippen molar-refractivity contribution in [1.82, 2.24) is 9.80 Å². The van der Waals surface area contributed by atoms with Gasteiger partial charge in [-0.15, -0.1) is 0 Å². The molecule has 1 spiro atoms. The van der Waals surface area contributed by atoms with Crippen LogP contribution in [0.4, 0.5) is 0 Å². The van der Waals surface area contributed by atoms with Crippen LogP contribution in [0.3, 0.4) is 0 Å². The first-order chi connectivity index (χ1) is 7.27. The van der Waals surface area contributed by atoms with Crippen LogP contribution in [-0.2, 0) is 4.74 Å². The molecule has 0 aliphatic carbocycles. The molecular formula is C12H22N2O. The molecule has 3 heterocycles. The van der Waals surface area contributed by atoms with E-state index < -0.39 is 0 Å². The quantitative estimate of drug-likeness (QED) is 0.637. The van der Waals surface area contributed by atoms with E-state index in [0.717, 1.165) is 19.3 Å². The van der Waals surface area contributed by atoms with Gasteiger partial charge in [0.2, 0.25) is 0 Å². The van der Waals surface area contributed by atoms with Gasteiger partial charge < -0.3 is 9.64 Å². The number of piperidine rings is 1. The number of rotatable bonds is 1. The average molecular weight is 210 g/mol. The highest BCUT2D eigenvalue weighted by Crippen LogP contribution is 2.39. The Labute approximate surface area is 92.4 Å². The van der Waals surface area contributed by atoms with Gasteiger partial charge in [-0.25, -0.2) is 0 Å². The maximum atomic E-state index is 5.29. The number of hydrogen-bond donors (Lipinski definition) is 0. The number of hydrogen-bond acceptors (Lipinski definition) is 3. The number of ether oxygens (including phenoxy) is 1. The summed E-state index contributed by atoms with van der Waals surface area (Å²) >= 11 is 0. The normalized spacial score (nSPS) is 39.8. The molecule has 3 fully saturated rings. The van der Waals surface area contributed by atoms with E-state index in [-0.39, 0.29) is 0 Å². The highest BCUT2D eigenvalue weighted by Gasteiger charge is 2.43. The van der Waals surface area contributed by atoms with Crippen molar-refractivity contribution in [2.24, 2.45) is 5.41 Å². The van der Waals surface area contributed by atoms with Crippen molar-refractivity contribution < 1.29 is 4.74 Å². The Balaban J connectivity index is 1.62. The Morgan fingerprint density at radius 2 is 2.00 bits per heavy atom. The molecule has 86 valence electrons. The Morgan fingerprint density at radius 1 is 1.13 bits per heavy atom. The SMILES string of the molecule is CN1CCCC2(CCN(C3COC3)C2)C1. The van der Waals surface area contributed by atoms with E-state index in [9.17, 15) is 0 Å². The Bertz CT molecular complexity index is 242. The Hall–Kier alpha value is -0.120. The lowest BCUT2D eigenvalue weighted by atomic mass is 9.79. The van der Waals surface area contributed by atoms with Crippen LogP contribution in [0.15, 0.2) is 0 Å². The second-order valence-corrected chi connectivity index (χ2v) is 5.75. The third kappa shape index (κ3) is 1.81. The second-order valence-electron chi connectivity index (χ2n) is 5.75. The van der Waals surface area contributed by atoms with E-state index in [4.69, 9.17) is 4.74 Å². The zero-order chi connectivity index (χ0) is 10.3. The zero-order valence-electron chi connectivity index (χ0n) is 9.74. The highest BCUT2D eigenvalue weighted by atomic mass is 16.5. The molecule has 1 unspecified atom stereocenters. The van der Waals surface area contributed by atoms with Crippen LogP contribution >= 0.6 is 0 Å². The van der Waals surface area contributed by atoms with E-state index in [2.05, 4.69) is 16.8 Å². The van der Waals surface area contributed by atoms with Crippen molar-refractivity contribution in [3.05, 3.63) is 0 Å². The predicted molar refractivity (Wildman–Crippen MR) is 60.0 cm³/mol. The van der Waals surface area contributed by atoms with Gasteiger partial charge in [0.05, 0.1) is 19.3 Å². The van der Waals surface area contributed by atoms with Crippen molar-refractivity contribution in [3.8, 4) is 0 Å². The van der Waals surface area contributed by atoms with Crippen LogP contribution in [0.25, 0.3) is 0 Å². The monoisotopic (exact) mass is 210 g/mol. The standard InChI is InChI=1S/C12H22N2O/c1-13-5-2-3-12(9-13)4-6-14(10-12)11-7-15-8-11/h11H,2-10H2,1H3. The number of nitrogens with zero attached hydrogens (tertiary/aromatic N) is 2. The van der Waals surface area contributed by atoms with E-state index in [1.165, 1.54) is 45.4 Å². The van der Waals surface area contributed by atoms with Crippen LogP contribution in [0.2, 0.25) is 0 Å². The summed E-state index contributed by atoms with van der Waals surface area (Å²) in [5, 5.41) is 0. The summed E-state index contributed by atoms with van der Waals surface area (Å²) in [5.74, 6) is 0. The molecule has 3 rings (SSSR count). The average Bonchev–Trinajstić information content (AvgIpc) is 2.46. The fourth-order valence-corrected chi connectivity index (χ4v) is 3.50. The van der Waals surface area contributed by atoms with E-state index in [1.807, 2.05) is 0 Å². The minimum atomic E-state index is 0.628. The minimum Gasteiger partial charge on any atom is -0.378 e.